The molecule has 1 saturated heterocycles. The van der Waals surface area contributed by atoms with Gasteiger partial charge in [0.05, 0.1) is 18.4 Å². The molecule has 0 spiro atoms. The van der Waals surface area contributed by atoms with Crippen molar-refractivity contribution in [1.29, 1.82) is 0 Å². The van der Waals surface area contributed by atoms with Crippen LogP contribution in [0.5, 0.6) is 0 Å². The summed E-state index contributed by atoms with van der Waals surface area (Å²) in [6, 6.07) is 13.0. The molecule has 27 heavy (non-hydrogen) atoms. The number of carbonyl (C=O) groups is 3. The van der Waals surface area contributed by atoms with Gasteiger partial charge in [-0.1, -0.05) is 41.0 Å². The third-order valence-corrected chi connectivity index (χ3v) is 4.75. The number of rotatable bonds is 3. The van der Waals surface area contributed by atoms with Gasteiger partial charge in [-0.15, -0.1) is 0 Å². The molecule has 2 amide bonds. The standard InChI is InChI=1S/C19H13ClN2O5/c1-26-19(25)12-4-2-3-5-13(12)22-17(23)14-15(21-27-16(14)18(22)24)10-6-8-11(20)9-7-10/h2-9,14,16H,1H3. The smallest absolute Gasteiger partial charge is 0.339 e. The summed E-state index contributed by atoms with van der Waals surface area (Å²) in [4.78, 5) is 44.2. The van der Waals surface area contributed by atoms with Crippen molar-refractivity contribution in [3.63, 3.8) is 0 Å². The van der Waals surface area contributed by atoms with Crippen molar-refractivity contribution in [2.45, 2.75) is 6.10 Å². The molecule has 2 heterocycles. The summed E-state index contributed by atoms with van der Waals surface area (Å²) in [5.74, 6) is -2.61. The number of para-hydroxylation sites is 1. The highest BCUT2D eigenvalue weighted by Crippen LogP contribution is 2.36. The van der Waals surface area contributed by atoms with Crippen LogP contribution >= 0.6 is 11.6 Å². The molecular weight excluding hydrogens is 372 g/mol. The van der Waals surface area contributed by atoms with Crippen LogP contribution in [0.4, 0.5) is 5.69 Å². The van der Waals surface area contributed by atoms with E-state index in [2.05, 4.69) is 5.16 Å². The van der Waals surface area contributed by atoms with Gasteiger partial charge in [-0.3, -0.25) is 9.59 Å². The number of fused-ring (bicyclic) bond motifs is 1. The first-order valence-electron chi connectivity index (χ1n) is 8.07. The van der Waals surface area contributed by atoms with Crippen molar-refractivity contribution in [2.24, 2.45) is 11.1 Å². The minimum atomic E-state index is -1.06. The van der Waals surface area contributed by atoms with E-state index >= 15 is 0 Å². The van der Waals surface area contributed by atoms with E-state index in [-0.39, 0.29) is 11.3 Å². The van der Waals surface area contributed by atoms with Crippen LogP contribution in [0.1, 0.15) is 15.9 Å². The number of anilines is 1. The number of amides is 2. The SMILES string of the molecule is COC(=O)c1ccccc1N1C(=O)C2ON=C(c3ccc(Cl)cc3)C2C1=O. The molecule has 0 saturated carbocycles. The van der Waals surface area contributed by atoms with Crippen LogP contribution in [-0.2, 0) is 19.2 Å². The van der Waals surface area contributed by atoms with Crippen LogP contribution < -0.4 is 4.90 Å². The number of halogens is 1. The summed E-state index contributed by atoms with van der Waals surface area (Å²) in [5, 5.41) is 4.48. The molecule has 8 heteroatoms. The number of nitrogens with zero attached hydrogens (tertiary/aromatic N) is 2. The van der Waals surface area contributed by atoms with E-state index in [1.54, 1.807) is 36.4 Å². The van der Waals surface area contributed by atoms with E-state index in [1.807, 2.05) is 0 Å². The van der Waals surface area contributed by atoms with Gasteiger partial charge in [0, 0.05) is 10.6 Å². The lowest BCUT2D eigenvalue weighted by Crippen LogP contribution is -2.34. The Hall–Kier alpha value is -3.19. The number of esters is 1. The fourth-order valence-electron chi connectivity index (χ4n) is 3.23. The van der Waals surface area contributed by atoms with Gasteiger partial charge >= 0.3 is 5.97 Å². The molecule has 4 rings (SSSR count). The minimum absolute atomic E-state index is 0.117. The van der Waals surface area contributed by atoms with Crippen LogP contribution in [-0.4, -0.2) is 36.7 Å². The molecule has 7 nitrogen and oxygen atoms in total. The van der Waals surface area contributed by atoms with E-state index < -0.39 is 29.8 Å². The number of benzene rings is 2. The van der Waals surface area contributed by atoms with E-state index in [0.29, 0.717) is 16.3 Å². The summed E-state index contributed by atoms with van der Waals surface area (Å²) < 4.78 is 4.75. The zero-order valence-electron chi connectivity index (χ0n) is 14.1. The van der Waals surface area contributed by atoms with Crippen molar-refractivity contribution in [1.82, 2.24) is 0 Å². The Bertz CT molecular complexity index is 986. The number of methoxy groups -OCH3 is 1. The largest absolute Gasteiger partial charge is 0.465 e. The van der Waals surface area contributed by atoms with Gasteiger partial charge in [0.15, 0.2) is 0 Å². The lowest BCUT2D eigenvalue weighted by Gasteiger charge is -2.18. The first-order chi connectivity index (χ1) is 13.0. The Morgan fingerprint density at radius 2 is 1.81 bits per heavy atom. The topological polar surface area (TPSA) is 85.3 Å². The van der Waals surface area contributed by atoms with Crippen molar-refractivity contribution in [3.05, 3.63) is 64.7 Å². The normalized spacial score (nSPS) is 21.0. The van der Waals surface area contributed by atoms with Gasteiger partial charge in [0.1, 0.15) is 11.6 Å². The summed E-state index contributed by atoms with van der Waals surface area (Å²) >= 11 is 5.90. The first kappa shape index (κ1) is 17.2. The average molecular weight is 385 g/mol. The highest BCUT2D eigenvalue weighted by atomic mass is 35.5. The van der Waals surface area contributed by atoms with Crippen molar-refractivity contribution in [3.8, 4) is 0 Å². The lowest BCUT2D eigenvalue weighted by molar-refractivity contribution is -0.126. The maximum absolute atomic E-state index is 13.1. The molecule has 0 radical (unpaired) electrons. The lowest BCUT2D eigenvalue weighted by atomic mass is 9.94. The monoisotopic (exact) mass is 384 g/mol. The molecule has 0 N–H and O–H groups in total. The molecule has 2 atom stereocenters. The zero-order chi connectivity index (χ0) is 19.1. The van der Waals surface area contributed by atoms with E-state index in [1.165, 1.54) is 19.2 Å². The predicted molar refractivity (Wildman–Crippen MR) is 96.6 cm³/mol. The fraction of sp³-hybridized carbons (Fsp3) is 0.158. The number of hydrogen-bond acceptors (Lipinski definition) is 6. The second-order valence-corrected chi connectivity index (χ2v) is 6.44. The molecule has 2 aliphatic rings. The summed E-state index contributed by atoms with van der Waals surface area (Å²) in [6.07, 6.45) is -1.06. The fourth-order valence-corrected chi connectivity index (χ4v) is 3.35. The molecule has 2 aromatic rings. The summed E-state index contributed by atoms with van der Waals surface area (Å²) in [7, 11) is 1.23. The Morgan fingerprint density at radius 3 is 2.52 bits per heavy atom. The Kier molecular flexibility index (Phi) is 4.16. The third kappa shape index (κ3) is 2.67. The number of carbonyl (C=O) groups excluding carboxylic acids is 3. The zero-order valence-corrected chi connectivity index (χ0v) is 14.8. The molecule has 2 unspecified atom stereocenters. The number of ether oxygens (including phenoxy) is 1. The maximum Gasteiger partial charge on any atom is 0.339 e. The second-order valence-electron chi connectivity index (χ2n) is 6.01. The van der Waals surface area contributed by atoms with Crippen LogP contribution in [0, 0.1) is 5.92 Å². The van der Waals surface area contributed by atoms with Gasteiger partial charge in [-0.05, 0) is 24.3 Å². The van der Waals surface area contributed by atoms with Gasteiger partial charge < -0.3 is 9.57 Å². The van der Waals surface area contributed by atoms with E-state index in [9.17, 15) is 14.4 Å². The average Bonchev–Trinajstić information content (AvgIpc) is 3.22. The molecule has 2 aromatic carbocycles. The molecule has 0 aliphatic carbocycles. The van der Waals surface area contributed by atoms with Crippen LogP contribution in [0.15, 0.2) is 53.7 Å². The van der Waals surface area contributed by atoms with Gasteiger partial charge in [0.2, 0.25) is 12.0 Å². The van der Waals surface area contributed by atoms with Crippen molar-refractivity contribution >= 4 is 40.8 Å². The number of hydrogen-bond donors (Lipinski definition) is 0. The Labute approximate surface area is 159 Å². The quantitative estimate of drug-likeness (QED) is 0.599. The number of imide groups is 1. The molecule has 2 aliphatic heterocycles. The van der Waals surface area contributed by atoms with Crippen LogP contribution in [0.2, 0.25) is 5.02 Å². The first-order valence-corrected chi connectivity index (χ1v) is 8.45. The minimum Gasteiger partial charge on any atom is -0.465 e. The predicted octanol–water partition coefficient (Wildman–Crippen LogP) is 2.42. The Balaban J connectivity index is 1.73. The van der Waals surface area contributed by atoms with E-state index in [0.717, 1.165) is 4.90 Å². The highest BCUT2D eigenvalue weighted by molar-refractivity contribution is 6.33. The molecular formula is C19H13ClN2O5. The number of oxime groups is 1. The van der Waals surface area contributed by atoms with Gasteiger partial charge in [-0.2, -0.15) is 0 Å². The Morgan fingerprint density at radius 1 is 1.11 bits per heavy atom. The second kappa shape index (κ2) is 6.51. The van der Waals surface area contributed by atoms with Gasteiger partial charge in [0.25, 0.3) is 5.91 Å². The van der Waals surface area contributed by atoms with E-state index in [4.69, 9.17) is 21.2 Å². The van der Waals surface area contributed by atoms with Crippen LogP contribution in [0.25, 0.3) is 0 Å². The van der Waals surface area contributed by atoms with Crippen molar-refractivity contribution in [2.75, 3.05) is 12.0 Å². The highest BCUT2D eigenvalue weighted by Gasteiger charge is 2.56. The third-order valence-electron chi connectivity index (χ3n) is 4.50. The van der Waals surface area contributed by atoms with Gasteiger partial charge in [-0.25, -0.2) is 9.69 Å². The summed E-state index contributed by atoms with van der Waals surface area (Å²) in [6.45, 7) is 0. The van der Waals surface area contributed by atoms with Crippen LogP contribution in [0.3, 0.4) is 0 Å². The molecule has 1 fully saturated rings. The summed E-state index contributed by atoms with van der Waals surface area (Å²) in [5.41, 5.74) is 1.27. The molecule has 0 bridgehead atoms. The molecule has 136 valence electrons. The maximum atomic E-state index is 13.1. The van der Waals surface area contributed by atoms with Crippen molar-refractivity contribution < 1.29 is 24.0 Å². The molecule has 0 aromatic heterocycles.